The molecular weight excluding hydrogens is 420 g/mol. The summed E-state index contributed by atoms with van der Waals surface area (Å²) in [5, 5.41) is 0. The van der Waals surface area contributed by atoms with E-state index in [4.69, 9.17) is 9.47 Å². The van der Waals surface area contributed by atoms with Crippen molar-refractivity contribution in [1.29, 1.82) is 0 Å². The lowest BCUT2D eigenvalue weighted by Gasteiger charge is -2.10. The summed E-state index contributed by atoms with van der Waals surface area (Å²) >= 11 is 1.90. The molecule has 8 nitrogen and oxygen atoms in total. The molecular formula is C22H30N2O6S. The molecule has 0 spiro atoms. The highest BCUT2D eigenvalue weighted by atomic mass is 32.2. The monoisotopic (exact) mass is 450 g/mol. The second-order valence-electron chi connectivity index (χ2n) is 7.93. The molecule has 0 N–H and O–H groups in total. The van der Waals surface area contributed by atoms with Crippen molar-refractivity contribution in [2.75, 3.05) is 11.5 Å². The van der Waals surface area contributed by atoms with Crippen molar-refractivity contribution in [3.05, 3.63) is 43.2 Å². The van der Waals surface area contributed by atoms with Gasteiger partial charge in [-0.1, -0.05) is 12.8 Å². The second kappa shape index (κ2) is 10.8. The first-order chi connectivity index (χ1) is 14.9. The topological polar surface area (TPSA) is 95.6 Å². The molecule has 2 aromatic heterocycles. The van der Waals surface area contributed by atoms with Crippen molar-refractivity contribution in [1.82, 2.24) is 9.03 Å². The maximum absolute atomic E-state index is 12.6. The summed E-state index contributed by atoms with van der Waals surface area (Å²) in [6.45, 7) is 2.99. The third kappa shape index (κ3) is 5.50. The van der Waals surface area contributed by atoms with Crippen LogP contribution in [0.5, 0.6) is 0 Å². The van der Waals surface area contributed by atoms with Crippen LogP contribution in [0.2, 0.25) is 0 Å². The van der Waals surface area contributed by atoms with Gasteiger partial charge < -0.3 is 9.47 Å². The number of nitrogens with zero attached hydrogens (tertiary/aromatic N) is 2. The van der Waals surface area contributed by atoms with Gasteiger partial charge in [-0.05, 0) is 51.0 Å². The van der Waals surface area contributed by atoms with Gasteiger partial charge in [-0.2, -0.15) is 16.3 Å². The standard InChI is InChI=1S/C22H30N2O6S/c1-15-17-13-29-19(25)9-5-3-7-11-31-12-8-4-6-10-20(26)30-14-18-16(2)22(28)24(21(15)27)23(17)18/h3-14H2,1-2H3. The van der Waals surface area contributed by atoms with Crippen molar-refractivity contribution >= 4 is 23.7 Å². The molecule has 0 aliphatic carbocycles. The zero-order valence-corrected chi connectivity index (χ0v) is 19.1. The fourth-order valence-corrected chi connectivity index (χ4v) is 4.76. The normalized spacial score (nSPS) is 18.5. The van der Waals surface area contributed by atoms with Crippen molar-refractivity contribution in [3.63, 3.8) is 0 Å². The van der Waals surface area contributed by atoms with Gasteiger partial charge in [0.1, 0.15) is 13.2 Å². The van der Waals surface area contributed by atoms with E-state index in [1.54, 1.807) is 13.8 Å². The maximum Gasteiger partial charge on any atom is 0.306 e. The van der Waals surface area contributed by atoms with Crippen LogP contribution in [0.4, 0.5) is 0 Å². The first-order valence-corrected chi connectivity index (χ1v) is 12.0. The van der Waals surface area contributed by atoms with E-state index >= 15 is 0 Å². The molecule has 0 fully saturated rings. The number of rotatable bonds is 0. The molecule has 0 radical (unpaired) electrons. The largest absolute Gasteiger partial charge is 0.459 e. The molecule has 3 rings (SSSR count). The average molecular weight is 451 g/mol. The Morgan fingerprint density at radius 2 is 1.10 bits per heavy atom. The molecule has 0 atom stereocenters. The summed E-state index contributed by atoms with van der Waals surface area (Å²) in [5.41, 5.74) is 0.648. The number of cyclic esters (lactones) is 2. The Balaban J connectivity index is 1.86. The molecule has 0 aromatic carbocycles. The first kappa shape index (κ1) is 23.4. The lowest BCUT2D eigenvalue weighted by Crippen LogP contribution is -2.23. The molecule has 0 amide bonds. The molecule has 31 heavy (non-hydrogen) atoms. The fraction of sp³-hybridized carbons (Fsp3) is 0.636. The highest BCUT2D eigenvalue weighted by Gasteiger charge is 2.24. The Bertz CT molecular complexity index is 964. The SMILES string of the molecule is Cc1c2n3c(c(C)c(=O)n3c1=O)COC(=O)CCCCCSCCCCCC(=O)OC2. The average Bonchev–Trinajstić information content (AvgIpc) is 3.13. The molecule has 170 valence electrons. The number of hydrogen-bond donors (Lipinski definition) is 0. The number of esters is 2. The van der Waals surface area contributed by atoms with Crippen molar-refractivity contribution < 1.29 is 19.1 Å². The number of ether oxygens (including phenoxy) is 2. The molecule has 1 aliphatic rings. The molecule has 0 unspecified atom stereocenters. The van der Waals surface area contributed by atoms with Crippen LogP contribution in [-0.2, 0) is 32.3 Å². The van der Waals surface area contributed by atoms with Gasteiger partial charge in [-0.15, -0.1) is 0 Å². The molecule has 2 aromatic rings. The van der Waals surface area contributed by atoms with Crippen LogP contribution in [0, 0.1) is 13.8 Å². The lowest BCUT2D eigenvalue weighted by atomic mass is 10.2. The third-order valence-corrected chi connectivity index (χ3v) is 6.84. The van der Waals surface area contributed by atoms with Crippen LogP contribution < -0.4 is 11.1 Å². The number of thioether (sulfide) groups is 1. The van der Waals surface area contributed by atoms with E-state index in [1.807, 2.05) is 11.8 Å². The van der Waals surface area contributed by atoms with E-state index < -0.39 is 11.1 Å². The maximum atomic E-state index is 12.6. The van der Waals surface area contributed by atoms with Crippen molar-refractivity contribution in [3.8, 4) is 0 Å². The quantitative estimate of drug-likeness (QED) is 0.570. The molecule has 3 heterocycles. The second-order valence-corrected chi connectivity index (χ2v) is 9.16. The van der Waals surface area contributed by atoms with Crippen LogP contribution in [-0.4, -0.2) is 32.5 Å². The van der Waals surface area contributed by atoms with E-state index in [0.717, 1.165) is 54.5 Å². The van der Waals surface area contributed by atoms with E-state index in [0.29, 0.717) is 35.4 Å². The number of carbonyl (C=O) groups excluding carboxylic acids is 2. The van der Waals surface area contributed by atoms with Gasteiger partial charge in [0.05, 0.1) is 11.4 Å². The predicted molar refractivity (Wildman–Crippen MR) is 118 cm³/mol. The Hall–Kier alpha value is -2.29. The minimum Gasteiger partial charge on any atom is -0.459 e. The smallest absolute Gasteiger partial charge is 0.306 e. The van der Waals surface area contributed by atoms with Crippen LogP contribution in [0.1, 0.15) is 73.9 Å². The van der Waals surface area contributed by atoms with E-state index in [2.05, 4.69) is 0 Å². The Morgan fingerprint density at radius 3 is 1.55 bits per heavy atom. The minimum absolute atomic E-state index is 0.110. The Morgan fingerprint density at radius 1 is 0.645 bits per heavy atom. The Labute approximate surface area is 185 Å². The van der Waals surface area contributed by atoms with Gasteiger partial charge in [0.2, 0.25) is 0 Å². The van der Waals surface area contributed by atoms with Crippen LogP contribution >= 0.6 is 11.8 Å². The van der Waals surface area contributed by atoms with E-state index in [-0.39, 0.29) is 25.2 Å². The van der Waals surface area contributed by atoms with Gasteiger partial charge in [-0.25, -0.2) is 4.52 Å². The van der Waals surface area contributed by atoms with Crippen molar-refractivity contribution in [2.45, 2.75) is 78.4 Å². The van der Waals surface area contributed by atoms with Crippen LogP contribution in [0.3, 0.4) is 0 Å². The highest BCUT2D eigenvalue weighted by molar-refractivity contribution is 7.99. The number of carbonyl (C=O) groups is 2. The van der Waals surface area contributed by atoms with Gasteiger partial charge in [0.25, 0.3) is 11.1 Å². The van der Waals surface area contributed by atoms with Gasteiger partial charge >= 0.3 is 11.9 Å². The molecule has 0 bridgehead atoms. The van der Waals surface area contributed by atoms with Gasteiger partial charge in [0, 0.05) is 24.0 Å². The fourth-order valence-electron chi connectivity index (χ4n) is 3.74. The minimum atomic E-state index is -0.451. The zero-order valence-electron chi connectivity index (χ0n) is 18.2. The summed E-state index contributed by atoms with van der Waals surface area (Å²) in [7, 11) is 0. The number of aromatic nitrogens is 2. The van der Waals surface area contributed by atoms with Gasteiger partial charge in [-0.3, -0.25) is 19.2 Å². The Kier molecular flexibility index (Phi) is 8.17. The predicted octanol–water partition coefficient (Wildman–Crippen LogP) is 2.77. The summed E-state index contributed by atoms with van der Waals surface area (Å²) < 4.78 is 13.3. The molecule has 9 heteroatoms. The summed E-state index contributed by atoms with van der Waals surface area (Å²) in [4.78, 5) is 49.6. The van der Waals surface area contributed by atoms with Crippen LogP contribution in [0.15, 0.2) is 9.59 Å². The zero-order chi connectivity index (χ0) is 22.4. The van der Waals surface area contributed by atoms with Gasteiger partial charge in [0.15, 0.2) is 0 Å². The first-order valence-electron chi connectivity index (χ1n) is 10.9. The lowest BCUT2D eigenvalue weighted by molar-refractivity contribution is -0.145. The molecule has 1 aliphatic heterocycles. The molecule has 0 saturated heterocycles. The highest BCUT2D eigenvalue weighted by Crippen LogP contribution is 2.16. The van der Waals surface area contributed by atoms with E-state index in [9.17, 15) is 19.2 Å². The summed E-state index contributed by atoms with van der Waals surface area (Å²) in [5.74, 6) is 1.48. The van der Waals surface area contributed by atoms with Crippen molar-refractivity contribution in [2.24, 2.45) is 0 Å². The number of hydrogen-bond acceptors (Lipinski definition) is 7. The summed E-state index contributed by atoms with van der Waals surface area (Å²) in [6.07, 6.45) is 6.24. The summed E-state index contributed by atoms with van der Waals surface area (Å²) in [6, 6.07) is 0. The van der Waals surface area contributed by atoms with Crippen LogP contribution in [0.25, 0.3) is 0 Å². The molecule has 0 saturated carbocycles. The third-order valence-electron chi connectivity index (χ3n) is 5.68. The van der Waals surface area contributed by atoms with E-state index in [1.165, 1.54) is 4.52 Å².